The van der Waals surface area contributed by atoms with Gasteiger partial charge in [-0.3, -0.25) is 4.79 Å². The fourth-order valence-electron chi connectivity index (χ4n) is 1.93. The Balaban J connectivity index is 1.95. The van der Waals surface area contributed by atoms with E-state index in [1.54, 1.807) is 4.90 Å². The summed E-state index contributed by atoms with van der Waals surface area (Å²) < 4.78 is 5.10. The van der Waals surface area contributed by atoms with Crippen molar-refractivity contribution in [2.24, 2.45) is 0 Å². The van der Waals surface area contributed by atoms with E-state index in [1.807, 2.05) is 31.2 Å². The van der Waals surface area contributed by atoms with Crippen molar-refractivity contribution in [3.63, 3.8) is 0 Å². The van der Waals surface area contributed by atoms with E-state index in [1.165, 1.54) is 0 Å². The molecule has 0 radical (unpaired) electrons. The van der Waals surface area contributed by atoms with Crippen LogP contribution in [0, 0.1) is 0 Å². The summed E-state index contributed by atoms with van der Waals surface area (Å²) in [5.41, 5.74) is 1.83. The van der Waals surface area contributed by atoms with E-state index in [2.05, 4.69) is 5.32 Å². The Morgan fingerprint density at radius 3 is 2.79 bits per heavy atom. The van der Waals surface area contributed by atoms with Gasteiger partial charge in [0.15, 0.2) is 0 Å². The molecule has 104 valence electrons. The summed E-state index contributed by atoms with van der Waals surface area (Å²) in [5.74, 6) is -0.00614. The number of nitrogens with one attached hydrogen (secondary N) is 1. The summed E-state index contributed by atoms with van der Waals surface area (Å²) >= 11 is 0. The first-order valence-corrected chi connectivity index (χ1v) is 6.61. The van der Waals surface area contributed by atoms with Crippen LogP contribution in [0.5, 0.6) is 0 Å². The minimum Gasteiger partial charge on any atom is -0.391 e. The number of rotatable bonds is 5. The summed E-state index contributed by atoms with van der Waals surface area (Å²) in [6.45, 7) is 3.81. The first-order valence-electron chi connectivity index (χ1n) is 6.61. The fraction of sp³-hybridized carbons (Fsp3) is 0.500. The zero-order valence-corrected chi connectivity index (χ0v) is 11.1. The maximum Gasteiger partial charge on any atom is 0.253 e. The minimum absolute atomic E-state index is 0.00614. The van der Waals surface area contributed by atoms with Crippen LogP contribution < -0.4 is 10.2 Å². The summed E-state index contributed by atoms with van der Waals surface area (Å²) in [6, 6.07) is 7.65. The van der Waals surface area contributed by atoms with Crippen molar-refractivity contribution >= 4 is 17.3 Å². The number of benzene rings is 1. The number of carbonyl (C=O) groups excluding carboxylic acids is 1. The first kappa shape index (κ1) is 13.8. The van der Waals surface area contributed by atoms with E-state index in [0.29, 0.717) is 19.7 Å². The van der Waals surface area contributed by atoms with E-state index >= 15 is 0 Å². The number of carbonyl (C=O) groups is 1. The van der Waals surface area contributed by atoms with Crippen LogP contribution in [0.3, 0.4) is 0 Å². The number of hydrogen-bond donors (Lipinski definition) is 2. The summed E-state index contributed by atoms with van der Waals surface area (Å²) in [6.07, 6.45) is 0.397. The second kappa shape index (κ2) is 6.54. The van der Waals surface area contributed by atoms with Gasteiger partial charge in [-0.1, -0.05) is 6.92 Å². The lowest BCUT2D eigenvalue weighted by Gasteiger charge is -2.27. The van der Waals surface area contributed by atoms with Crippen molar-refractivity contribution < 1.29 is 14.6 Å². The Labute approximate surface area is 113 Å². The Morgan fingerprint density at radius 1 is 1.42 bits per heavy atom. The Bertz CT molecular complexity index is 419. The highest BCUT2D eigenvalue weighted by molar-refractivity contribution is 5.94. The van der Waals surface area contributed by atoms with E-state index in [9.17, 15) is 9.90 Å². The van der Waals surface area contributed by atoms with E-state index in [0.717, 1.165) is 17.8 Å². The molecule has 1 saturated heterocycles. The number of anilines is 2. The van der Waals surface area contributed by atoms with Crippen LogP contribution in [0.25, 0.3) is 0 Å². The van der Waals surface area contributed by atoms with Crippen molar-refractivity contribution in [3.05, 3.63) is 24.3 Å². The average Bonchev–Trinajstić information content (AvgIpc) is 2.46. The van der Waals surface area contributed by atoms with E-state index in [4.69, 9.17) is 4.74 Å². The Kier molecular flexibility index (Phi) is 4.76. The molecule has 1 heterocycles. The number of ether oxygens (including phenoxy) is 1. The molecule has 2 N–H and O–H groups in total. The SMILES string of the molecule is CCC(O)CNc1ccc(N2CCOCC2=O)cc1. The lowest BCUT2D eigenvalue weighted by atomic mass is 10.2. The zero-order valence-electron chi connectivity index (χ0n) is 11.1. The maximum absolute atomic E-state index is 11.7. The predicted molar refractivity (Wildman–Crippen MR) is 74.4 cm³/mol. The molecule has 0 spiro atoms. The number of nitrogens with zero attached hydrogens (tertiary/aromatic N) is 1. The van der Waals surface area contributed by atoms with Crippen LogP contribution >= 0.6 is 0 Å². The fourth-order valence-corrected chi connectivity index (χ4v) is 1.93. The van der Waals surface area contributed by atoms with E-state index < -0.39 is 0 Å². The molecule has 0 bridgehead atoms. The van der Waals surface area contributed by atoms with Crippen LogP contribution in [0.15, 0.2) is 24.3 Å². The molecule has 1 aliphatic rings. The van der Waals surface area contributed by atoms with Crippen LogP contribution in [-0.2, 0) is 9.53 Å². The zero-order chi connectivity index (χ0) is 13.7. The summed E-state index contributed by atoms with van der Waals surface area (Å²) in [7, 11) is 0. The number of amides is 1. The predicted octanol–water partition coefficient (Wildman–Crippen LogP) is 1.23. The van der Waals surface area contributed by atoms with Crippen molar-refractivity contribution in [3.8, 4) is 0 Å². The topological polar surface area (TPSA) is 61.8 Å². The van der Waals surface area contributed by atoms with E-state index in [-0.39, 0.29) is 18.6 Å². The van der Waals surface area contributed by atoms with Gasteiger partial charge in [0.05, 0.1) is 12.7 Å². The molecule has 1 atom stereocenters. The monoisotopic (exact) mass is 264 g/mol. The number of aliphatic hydroxyl groups is 1. The van der Waals surface area contributed by atoms with Gasteiger partial charge in [0.2, 0.25) is 0 Å². The summed E-state index contributed by atoms with van der Waals surface area (Å²) in [4.78, 5) is 13.4. The van der Waals surface area contributed by atoms with Gasteiger partial charge in [0.25, 0.3) is 5.91 Å². The Morgan fingerprint density at radius 2 is 2.16 bits per heavy atom. The third-order valence-corrected chi connectivity index (χ3v) is 3.18. The molecule has 2 rings (SSSR count). The maximum atomic E-state index is 11.7. The van der Waals surface area contributed by atoms with Gasteiger partial charge in [-0.25, -0.2) is 0 Å². The quantitative estimate of drug-likeness (QED) is 0.840. The minimum atomic E-state index is -0.333. The molecule has 1 fully saturated rings. The highest BCUT2D eigenvalue weighted by Gasteiger charge is 2.19. The van der Waals surface area contributed by atoms with Crippen LogP contribution in [0.2, 0.25) is 0 Å². The number of morpholine rings is 1. The van der Waals surface area contributed by atoms with Crippen molar-refractivity contribution in [2.45, 2.75) is 19.4 Å². The van der Waals surface area contributed by atoms with Crippen molar-refractivity contribution in [2.75, 3.05) is 36.5 Å². The number of hydrogen-bond acceptors (Lipinski definition) is 4. The molecule has 0 aromatic heterocycles. The van der Waals surface area contributed by atoms with Gasteiger partial charge in [0.1, 0.15) is 6.61 Å². The second-order valence-corrected chi connectivity index (χ2v) is 4.59. The largest absolute Gasteiger partial charge is 0.391 e. The van der Waals surface area contributed by atoms with Crippen LogP contribution in [0.4, 0.5) is 11.4 Å². The van der Waals surface area contributed by atoms with Gasteiger partial charge < -0.3 is 20.1 Å². The van der Waals surface area contributed by atoms with Gasteiger partial charge >= 0.3 is 0 Å². The van der Waals surface area contributed by atoms with Crippen LogP contribution in [0.1, 0.15) is 13.3 Å². The molecule has 5 nitrogen and oxygen atoms in total. The van der Waals surface area contributed by atoms with Gasteiger partial charge in [0, 0.05) is 24.5 Å². The molecule has 1 unspecified atom stereocenters. The number of aliphatic hydroxyl groups excluding tert-OH is 1. The lowest BCUT2D eigenvalue weighted by Crippen LogP contribution is -2.41. The Hall–Kier alpha value is -1.59. The summed E-state index contributed by atoms with van der Waals surface area (Å²) in [5, 5.41) is 12.6. The van der Waals surface area contributed by atoms with Gasteiger partial charge in [-0.2, -0.15) is 0 Å². The van der Waals surface area contributed by atoms with Crippen LogP contribution in [-0.4, -0.2) is 43.4 Å². The lowest BCUT2D eigenvalue weighted by molar-refractivity contribution is -0.125. The molecule has 1 aromatic rings. The normalized spacial score (nSPS) is 17.4. The highest BCUT2D eigenvalue weighted by Crippen LogP contribution is 2.19. The van der Waals surface area contributed by atoms with Gasteiger partial charge in [-0.15, -0.1) is 0 Å². The molecule has 19 heavy (non-hydrogen) atoms. The third-order valence-electron chi connectivity index (χ3n) is 3.18. The molecule has 0 saturated carbocycles. The molecular formula is C14H20N2O3. The molecule has 1 amide bonds. The molecule has 1 aromatic carbocycles. The molecule has 0 aliphatic carbocycles. The van der Waals surface area contributed by atoms with Crippen molar-refractivity contribution in [1.29, 1.82) is 0 Å². The average molecular weight is 264 g/mol. The standard InChI is InChI=1S/C14H20N2O3/c1-2-13(17)9-15-11-3-5-12(6-4-11)16-7-8-19-10-14(16)18/h3-6,13,15,17H,2,7-10H2,1H3. The van der Waals surface area contributed by atoms with Crippen molar-refractivity contribution in [1.82, 2.24) is 0 Å². The second-order valence-electron chi connectivity index (χ2n) is 4.59. The molecule has 5 heteroatoms. The molecule has 1 aliphatic heterocycles. The first-order chi connectivity index (χ1) is 9.20. The molecular weight excluding hydrogens is 244 g/mol. The third kappa shape index (κ3) is 3.68. The highest BCUT2D eigenvalue weighted by atomic mass is 16.5. The smallest absolute Gasteiger partial charge is 0.253 e. The van der Waals surface area contributed by atoms with Gasteiger partial charge in [-0.05, 0) is 30.7 Å².